The van der Waals surface area contributed by atoms with Gasteiger partial charge in [-0.05, 0) is 0 Å². The van der Waals surface area contributed by atoms with Crippen molar-refractivity contribution in [3.63, 3.8) is 0 Å². The first-order chi connectivity index (χ1) is 15.8. The Morgan fingerprint density at radius 1 is 0.429 bits per heavy atom. The normalized spacial score (nSPS) is 10.3. The van der Waals surface area contributed by atoms with Crippen LogP contribution in [0.4, 0.5) is 0 Å². The number of fused-ring (bicyclic) bond motifs is 6. The summed E-state index contributed by atoms with van der Waals surface area (Å²) in [5.41, 5.74) is 3.04. The molecule has 6 rings (SSSR count). The summed E-state index contributed by atoms with van der Waals surface area (Å²) in [5, 5.41) is 11.4. The summed E-state index contributed by atoms with van der Waals surface area (Å²) in [6.45, 7) is 4.49. The van der Waals surface area contributed by atoms with Crippen LogP contribution in [0.1, 0.15) is 37.8 Å². The first-order valence-corrected chi connectivity index (χ1v) is 11.9. The van der Waals surface area contributed by atoms with Crippen molar-refractivity contribution in [3.8, 4) is 0 Å². The molecular formula is C34H36Hf. The van der Waals surface area contributed by atoms with Crippen LogP contribution in [0.15, 0.2) is 97.1 Å². The molecule has 0 aliphatic heterocycles. The number of benzene rings is 4. The van der Waals surface area contributed by atoms with Crippen LogP contribution in [0.5, 0.6) is 0 Å². The molecule has 0 heterocycles. The SMILES string of the molecule is CCC[c-]1c2ccccc2c2ccccc21.CCC[c-]1c2ccccc2c2ccccc21.[CH3-].[CH3-].[Hf+4]. The van der Waals surface area contributed by atoms with Crippen LogP contribution in [-0.4, -0.2) is 0 Å². The molecule has 0 amide bonds. The van der Waals surface area contributed by atoms with Crippen LogP contribution in [0, 0.1) is 14.9 Å². The Balaban J connectivity index is 0.000000227. The number of aryl methyl sites for hydroxylation is 2. The van der Waals surface area contributed by atoms with Crippen LogP contribution in [0.2, 0.25) is 0 Å². The van der Waals surface area contributed by atoms with E-state index in [1.54, 1.807) is 0 Å². The molecule has 1 heteroatoms. The summed E-state index contributed by atoms with van der Waals surface area (Å²) in [6, 6.07) is 35.0. The minimum Gasteiger partial charge on any atom is -0.358 e. The molecule has 0 aliphatic rings. The van der Waals surface area contributed by atoms with E-state index in [1.807, 2.05) is 0 Å². The van der Waals surface area contributed by atoms with Crippen molar-refractivity contribution in [2.45, 2.75) is 39.5 Å². The Kier molecular flexibility index (Phi) is 10.7. The van der Waals surface area contributed by atoms with Gasteiger partial charge in [0.1, 0.15) is 0 Å². The Morgan fingerprint density at radius 2 is 0.657 bits per heavy atom. The Labute approximate surface area is 230 Å². The molecule has 176 valence electrons. The van der Waals surface area contributed by atoms with Crippen LogP contribution >= 0.6 is 0 Å². The van der Waals surface area contributed by atoms with Gasteiger partial charge in [-0.15, -0.1) is 78.5 Å². The van der Waals surface area contributed by atoms with Gasteiger partial charge >= 0.3 is 25.8 Å². The summed E-state index contributed by atoms with van der Waals surface area (Å²) in [7, 11) is 0. The molecule has 0 saturated carbocycles. The van der Waals surface area contributed by atoms with E-state index in [-0.39, 0.29) is 40.7 Å². The average Bonchev–Trinajstić information content (AvgIpc) is 3.34. The molecule has 0 aliphatic carbocycles. The quantitative estimate of drug-likeness (QED) is 0.136. The van der Waals surface area contributed by atoms with Crippen LogP contribution in [0.25, 0.3) is 43.1 Å². The standard InChI is InChI=1S/2C16H15.2CH3.Hf/c2*1-2-7-12-13-8-3-5-10-15(13)16-11-6-4-9-14(12)16;;;/h2*3-6,8-11H,2,7H2,1H3;2*1H3;/q4*-1;+4. The van der Waals surface area contributed by atoms with Gasteiger partial charge in [0.05, 0.1) is 0 Å². The zero-order valence-electron chi connectivity index (χ0n) is 21.6. The molecule has 0 radical (unpaired) electrons. The molecule has 6 aromatic rings. The third kappa shape index (κ3) is 5.36. The van der Waals surface area contributed by atoms with E-state index in [1.165, 1.54) is 79.9 Å². The minimum atomic E-state index is 0. The van der Waals surface area contributed by atoms with E-state index in [0.717, 1.165) is 0 Å². The molecule has 6 aromatic carbocycles. The van der Waals surface area contributed by atoms with Gasteiger partial charge in [0.15, 0.2) is 0 Å². The maximum absolute atomic E-state index is 2.25. The molecule has 35 heavy (non-hydrogen) atoms. The predicted octanol–water partition coefficient (Wildman–Crippen LogP) is 10.2. The van der Waals surface area contributed by atoms with Gasteiger partial charge in [-0.3, -0.25) is 0 Å². The molecule has 0 unspecified atom stereocenters. The van der Waals surface area contributed by atoms with E-state index in [9.17, 15) is 0 Å². The van der Waals surface area contributed by atoms with Crippen molar-refractivity contribution in [1.82, 2.24) is 0 Å². The molecule has 0 saturated heterocycles. The van der Waals surface area contributed by atoms with Gasteiger partial charge in [-0.1, -0.05) is 112 Å². The van der Waals surface area contributed by atoms with Gasteiger partial charge in [0, 0.05) is 0 Å². The summed E-state index contributed by atoms with van der Waals surface area (Å²) >= 11 is 0. The second kappa shape index (κ2) is 13.0. The summed E-state index contributed by atoms with van der Waals surface area (Å²) in [6.07, 6.45) is 4.76. The largest absolute Gasteiger partial charge is 4.00 e. The topological polar surface area (TPSA) is 0 Å². The van der Waals surface area contributed by atoms with E-state index in [0.29, 0.717) is 0 Å². The van der Waals surface area contributed by atoms with Crippen molar-refractivity contribution < 1.29 is 25.8 Å². The Hall–Kier alpha value is -2.51. The van der Waals surface area contributed by atoms with Gasteiger partial charge in [0.2, 0.25) is 0 Å². The Bertz CT molecular complexity index is 1270. The maximum Gasteiger partial charge on any atom is 4.00 e. The van der Waals surface area contributed by atoms with Gasteiger partial charge in [-0.2, -0.15) is 0 Å². The predicted molar refractivity (Wildman–Crippen MR) is 155 cm³/mol. The van der Waals surface area contributed by atoms with Crippen LogP contribution < -0.4 is 0 Å². The van der Waals surface area contributed by atoms with Gasteiger partial charge in [0.25, 0.3) is 0 Å². The average molecular weight is 623 g/mol. The molecule has 0 nitrogen and oxygen atoms in total. The smallest absolute Gasteiger partial charge is 0.358 e. The fraction of sp³-hybridized carbons (Fsp3) is 0.176. The summed E-state index contributed by atoms with van der Waals surface area (Å²) in [4.78, 5) is 0. The molecule has 0 N–H and O–H groups in total. The first kappa shape index (κ1) is 28.7. The van der Waals surface area contributed by atoms with Gasteiger partial charge < -0.3 is 14.9 Å². The van der Waals surface area contributed by atoms with Crippen molar-refractivity contribution in [1.29, 1.82) is 0 Å². The maximum atomic E-state index is 2.25. The zero-order chi connectivity index (χ0) is 21.9. The van der Waals surface area contributed by atoms with Crippen LogP contribution in [0.3, 0.4) is 0 Å². The minimum absolute atomic E-state index is 0. The molecule has 0 bridgehead atoms. The van der Waals surface area contributed by atoms with E-state index in [4.69, 9.17) is 0 Å². The number of rotatable bonds is 4. The summed E-state index contributed by atoms with van der Waals surface area (Å²) in [5.74, 6) is 0. The van der Waals surface area contributed by atoms with E-state index in [2.05, 4.69) is 111 Å². The summed E-state index contributed by atoms with van der Waals surface area (Å²) < 4.78 is 0. The second-order valence-corrected chi connectivity index (χ2v) is 8.64. The number of hydrogen-bond donors (Lipinski definition) is 0. The molecule has 0 fully saturated rings. The molecule has 0 spiro atoms. The van der Waals surface area contributed by atoms with Crippen LogP contribution in [-0.2, 0) is 38.7 Å². The van der Waals surface area contributed by atoms with Gasteiger partial charge in [-0.25, -0.2) is 0 Å². The van der Waals surface area contributed by atoms with E-state index < -0.39 is 0 Å². The van der Waals surface area contributed by atoms with Crippen molar-refractivity contribution >= 4 is 43.1 Å². The molecular weight excluding hydrogens is 587 g/mol. The third-order valence-electron chi connectivity index (χ3n) is 6.59. The molecule has 0 aromatic heterocycles. The zero-order valence-corrected chi connectivity index (χ0v) is 25.2. The van der Waals surface area contributed by atoms with Crippen molar-refractivity contribution in [3.05, 3.63) is 123 Å². The fourth-order valence-corrected chi connectivity index (χ4v) is 5.25. The fourth-order valence-electron chi connectivity index (χ4n) is 5.25. The molecule has 0 atom stereocenters. The Morgan fingerprint density at radius 3 is 0.886 bits per heavy atom. The van der Waals surface area contributed by atoms with E-state index >= 15 is 0 Å². The second-order valence-electron chi connectivity index (χ2n) is 8.64. The first-order valence-electron chi connectivity index (χ1n) is 11.9. The third-order valence-corrected chi connectivity index (χ3v) is 6.59. The van der Waals surface area contributed by atoms with Crippen molar-refractivity contribution in [2.24, 2.45) is 0 Å². The monoisotopic (exact) mass is 624 g/mol. The van der Waals surface area contributed by atoms with Crippen molar-refractivity contribution in [2.75, 3.05) is 0 Å². The number of hydrogen-bond acceptors (Lipinski definition) is 0.